The number of hydrogen-bond donors (Lipinski definition) is 1. The molecular formula is C13H21N5O. The predicted molar refractivity (Wildman–Crippen MR) is 77.3 cm³/mol. The minimum atomic E-state index is 0.601. The molecule has 6 nitrogen and oxygen atoms in total. The first kappa shape index (κ1) is 13.6. The minimum Gasteiger partial charge on any atom is -0.397 e. The molecule has 0 aliphatic heterocycles. The number of fused-ring (bicyclic) bond motifs is 1. The third kappa shape index (κ3) is 2.96. The highest BCUT2D eigenvalue weighted by atomic mass is 16.6. The summed E-state index contributed by atoms with van der Waals surface area (Å²) in [6.45, 7) is 5.06. The Labute approximate surface area is 113 Å². The summed E-state index contributed by atoms with van der Waals surface area (Å²) in [6.07, 6.45) is 1.07. The number of benzene rings is 1. The van der Waals surface area contributed by atoms with Gasteiger partial charge in [0.15, 0.2) is 11.0 Å². The highest BCUT2D eigenvalue weighted by Crippen LogP contribution is 2.28. The zero-order chi connectivity index (χ0) is 13.8. The van der Waals surface area contributed by atoms with Crippen LogP contribution in [0.15, 0.2) is 16.8 Å². The number of likely N-dealkylation sites (N-methyl/N-ethyl adjacent to an activating group) is 1. The molecule has 1 aromatic heterocycles. The average Bonchev–Trinajstić information content (AvgIpc) is 2.85. The number of nitrogens with two attached hydrogens (primary N) is 1. The molecule has 2 rings (SSSR count). The quantitative estimate of drug-likeness (QED) is 0.798. The molecule has 0 amide bonds. The van der Waals surface area contributed by atoms with Gasteiger partial charge in [-0.05, 0) is 43.0 Å². The molecule has 0 spiro atoms. The average molecular weight is 263 g/mol. The van der Waals surface area contributed by atoms with Gasteiger partial charge in [-0.1, -0.05) is 6.92 Å². The van der Waals surface area contributed by atoms with Crippen LogP contribution in [-0.4, -0.2) is 48.9 Å². The molecule has 1 heterocycles. The summed E-state index contributed by atoms with van der Waals surface area (Å²) in [5.74, 6) is 0. The zero-order valence-electron chi connectivity index (χ0n) is 11.8. The number of hydrogen-bond acceptors (Lipinski definition) is 6. The van der Waals surface area contributed by atoms with Crippen molar-refractivity contribution >= 4 is 22.4 Å². The van der Waals surface area contributed by atoms with Crippen LogP contribution in [0.3, 0.4) is 0 Å². The van der Waals surface area contributed by atoms with E-state index in [1.54, 1.807) is 0 Å². The zero-order valence-corrected chi connectivity index (χ0v) is 11.8. The summed E-state index contributed by atoms with van der Waals surface area (Å²) < 4.78 is 4.82. The molecule has 19 heavy (non-hydrogen) atoms. The van der Waals surface area contributed by atoms with Gasteiger partial charge in [-0.15, -0.1) is 0 Å². The topological polar surface area (TPSA) is 71.4 Å². The number of rotatable bonds is 6. The van der Waals surface area contributed by atoms with E-state index < -0.39 is 0 Å². The number of nitrogens with zero attached hydrogens (tertiary/aromatic N) is 4. The van der Waals surface area contributed by atoms with Crippen LogP contribution in [0.4, 0.5) is 11.4 Å². The van der Waals surface area contributed by atoms with Gasteiger partial charge in [-0.25, -0.2) is 4.63 Å². The van der Waals surface area contributed by atoms with Crippen LogP contribution in [0.1, 0.15) is 13.3 Å². The Morgan fingerprint density at radius 1 is 1.11 bits per heavy atom. The van der Waals surface area contributed by atoms with Gasteiger partial charge in [0.1, 0.15) is 0 Å². The summed E-state index contributed by atoms with van der Waals surface area (Å²) in [4.78, 5) is 4.46. The molecule has 104 valence electrons. The summed E-state index contributed by atoms with van der Waals surface area (Å²) in [7, 11) is 4.14. The third-order valence-electron chi connectivity index (χ3n) is 3.08. The summed E-state index contributed by atoms with van der Waals surface area (Å²) in [5.41, 5.74) is 8.90. The number of aromatic nitrogens is 2. The molecule has 0 radical (unpaired) electrons. The second kappa shape index (κ2) is 5.88. The van der Waals surface area contributed by atoms with Crippen LogP contribution in [0, 0.1) is 0 Å². The molecule has 0 aliphatic carbocycles. The van der Waals surface area contributed by atoms with E-state index in [9.17, 15) is 0 Å². The van der Waals surface area contributed by atoms with E-state index in [1.807, 2.05) is 12.1 Å². The smallest absolute Gasteiger partial charge is 0.160 e. The molecule has 0 unspecified atom stereocenters. The van der Waals surface area contributed by atoms with E-state index in [4.69, 9.17) is 10.4 Å². The Hall–Kier alpha value is -1.82. The van der Waals surface area contributed by atoms with E-state index in [2.05, 4.69) is 41.1 Å². The van der Waals surface area contributed by atoms with Crippen LogP contribution in [0.2, 0.25) is 0 Å². The van der Waals surface area contributed by atoms with Gasteiger partial charge in [0.25, 0.3) is 0 Å². The van der Waals surface area contributed by atoms with Gasteiger partial charge < -0.3 is 15.5 Å². The first-order valence-electron chi connectivity index (χ1n) is 6.54. The first-order chi connectivity index (χ1) is 9.13. The molecule has 1 aromatic carbocycles. The maximum atomic E-state index is 5.88. The Kier molecular flexibility index (Phi) is 4.21. The summed E-state index contributed by atoms with van der Waals surface area (Å²) >= 11 is 0. The van der Waals surface area contributed by atoms with Gasteiger partial charge >= 0.3 is 0 Å². The SMILES string of the molecule is CCCN(CCN(C)C)c1ccc(N)c2nonc12. The van der Waals surface area contributed by atoms with Crippen molar-refractivity contribution in [3.05, 3.63) is 12.1 Å². The predicted octanol–water partition coefficient (Wildman–Crippen LogP) is 1.58. The van der Waals surface area contributed by atoms with E-state index in [-0.39, 0.29) is 0 Å². The molecule has 6 heteroatoms. The van der Waals surface area contributed by atoms with E-state index in [0.29, 0.717) is 11.2 Å². The van der Waals surface area contributed by atoms with Crippen LogP contribution < -0.4 is 10.6 Å². The van der Waals surface area contributed by atoms with Gasteiger partial charge in [0.2, 0.25) is 0 Å². The minimum absolute atomic E-state index is 0.601. The Balaban J connectivity index is 2.33. The summed E-state index contributed by atoms with van der Waals surface area (Å²) in [6, 6.07) is 3.85. The van der Waals surface area contributed by atoms with E-state index in [0.717, 1.165) is 37.3 Å². The van der Waals surface area contributed by atoms with Crippen molar-refractivity contribution in [1.82, 2.24) is 15.2 Å². The fraction of sp³-hybridized carbons (Fsp3) is 0.538. The maximum Gasteiger partial charge on any atom is 0.160 e. The normalized spacial score (nSPS) is 11.4. The largest absolute Gasteiger partial charge is 0.397 e. The fourth-order valence-corrected chi connectivity index (χ4v) is 2.07. The lowest BCUT2D eigenvalue weighted by molar-refractivity contribution is 0.315. The van der Waals surface area contributed by atoms with Crippen molar-refractivity contribution < 1.29 is 4.63 Å². The van der Waals surface area contributed by atoms with Crippen molar-refractivity contribution in [2.45, 2.75) is 13.3 Å². The van der Waals surface area contributed by atoms with Crippen molar-refractivity contribution in [3.63, 3.8) is 0 Å². The lowest BCUT2D eigenvalue weighted by Crippen LogP contribution is -2.32. The second-order valence-corrected chi connectivity index (χ2v) is 4.93. The van der Waals surface area contributed by atoms with E-state index in [1.165, 1.54) is 0 Å². The molecule has 0 saturated carbocycles. The number of nitrogen functional groups attached to an aromatic ring is 1. The Bertz CT molecular complexity index is 537. The highest BCUT2D eigenvalue weighted by molar-refractivity contribution is 5.95. The van der Waals surface area contributed by atoms with Gasteiger partial charge in [-0.3, -0.25) is 0 Å². The van der Waals surface area contributed by atoms with Gasteiger partial charge in [0, 0.05) is 19.6 Å². The van der Waals surface area contributed by atoms with Crippen molar-refractivity contribution in [2.24, 2.45) is 0 Å². The monoisotopic (exact) mass is 263 g/mol. The standard InChI is InChI=1S/C13H21N5O/c1-4-7-18(9-8-17(2)3)11-6-5-10(14)12-13(11)16-19-15-12/h5-6H,4,7-9,14H2,1-3H3. The Morgan fingerprint density at radius 2 is 1.84 bits per heavy atom. The van der Waals surface area contributed by atoms with Crippen molar-refractivity contribution in [3.8, 4) is 0 Å². The molecule has 0 atom stereocenters. The van der Waals surface area contributed by atoms with Crippen molar-refractivity contribution in [1.29, 1.82) is 0 Å². The molecule has 0 aliphatic rings. The molecule has 0 saturated heterocycles. The molecule has 2 aromatic rings. The van der Waals surface area contributed by atoms with Gasteiger partial charge in [-0.2, -0.15) is 0 Å². The van der Waals surface area contributed by atoms with Crippen molar-refractivity contribution in [2.75, 3.05) is 44.4 Å². The molecular weight excluding hydrogens is 242 g/mol. The molecule has 2 N–H and O–H groups in total. The van der Waals surface area contributed by atoms with Crippen LogP contribution in [0.25, 0.3) is 11.0 Å². The first-order valence-corrected chi connectivity index (χ1v) is 6.54. The Morgan fingerprint density at radius 3 is 2.53 bits per heavy atom. The maximum absolute atomic E-state index is 5.88. The molecule has 0 fully saturated rings. The third-order valence-corrected chi connectivity index (χ3v) is 3.08. The lowest BCUT2D eigenvalue weighted by atomic mass is 10.2. The van der Waals surface area contributed by atoms with Crippen LogP contribution in [-0.2, 0) is 0 Å². The number of anilines is 2. The van der Waals surface area contributed by atoms with Gasteiger partial charge in [0.05, 0.1) is 11.4 Å². The fourth-order valence-electron chi connectivity index (χ4n) is 2.07. The van der Waals surface area contributed by atoms with Crippen LogP contribution in [0.5, 0.6) is 0 Å². The van der Waals surface area contributed by atoms with Crippen LogP contribution >= 0.6 is 0 Å². The summed E-state index contributed by atoms with van der Waals surface area (Å²) in [5, 5.41) is 7.86. The lowest BCUT2D eigenvalue weighted by Gasteiger charge is -2.26. The molecule has 0 bridgehead atoms. The highest BCUT2D eigenvalue weighted by Gasteiger charge is 2.15. The van der Waals surface area contributed by atoms with E-state index >= 15 is 0 Å². The second-order valence-electron chi connectivity index (χ2n) is 4.93.